The average Bonchev–Trinajstić information content (AvgIpc) is 3.38. The summed E-state index contributed by atoms with van der Waals surface area (Å²) in [7, 11) is -5.65. The molecule has 0 saturated carbocycles. The fourth-order valence-electron chi connectivity index (χ4n) is 7.23. The van der Waals surface area contributed by atoms with E-state index in [0.29, 0.717) is 49.0 Å². The van der Waals surface area contributed by atoms with Gasteiger partial charge in [0.15, 0.2) is 0 Å². The standard InChI is InChI=1S/2C20H28FN3O3S/c2*1-19(2,3)27-18(25)13-17-23-20(4,15-9-5-6-10-16(15)21)14-28(26)22-11-7-8-12-24(17)28/h2*5-6,9-10H,7-8,11-14H2,1-4H3/t2*20-,28?/m00/s1. The Labute approximate surface area is 331 Å². The smallest absolute Gasteiger partial charge is 0.313 e. The van der Waals surface area contributed by atoms with Crippen molar-refractivity contribution in [2.75, 3.05) is 37.7 Å². The monoisotopic (exact) mass is 818 g/mol. The fraction of sp³-hybridized carbons (Fsp3) is 0.600. The van der Waals surface area contributed by atoms with Gasteiger partial charge in [-0.3, -0.25) is 28.2 Å². The Hall–Kier alpha value is -3.92. The number of carbonyl (C=O) groups is 2. The number of nitrogens with zero attached hydrogens (tertiary/aromatic N) is 6. The minimum absolute atomic E-state index is 0.0960. The lowest BCUT2D eigenvalue weighted by Gasteiger charge is -2.40. The highest BCUT2D eigenvalue weighted by atomic mass is 32.2. The molecule has 4 atom stereocenters. The van der Waals surface area contributed by atoms with Crippen molar-refractivity contribution in [3.05, 3.63) is 71.3 Å². The molecule has 0 aromatic heterocycles. The van der Waals surface area contributed by atoms with Crippen molar-refractivity contribution in [2.45, 2.75) is 116 Å². The van der Waals surface area contributed by atoms with Crippen LogP contribution in [0.25, 0.3) is 0 Å². The van der Waals surface area contributed by atoms with E-state index < -0.39 is 65.7 Å². The molecule has 16 heteroatoms. The predicted molar refractivity (Wildman–Crippen MR) is 216 cm³/mol. The summed E-state index contributed by atoms with van der Waals surface area (Å²) >= 11 is 0. The number of aliphatic imine (C=N–C) groups is 2. The number of benzene rings is 2. The molecule has 0 fully saturated rings. The van der Waals surface area contributed by atoms with Crippen LogP contribution in [0.1, 0.15) is 105 Å². The van der Waals surface area contributed by atoms with Gasteiger partial charge >= 0.3 is 11.9 Å². The summed E-state index contributed by atoms with van der Waals surface area (Å²) in [5.74, 6) is -0.794. The van der Waals surface area contributed by atoms with Gasteiger partial charge in [0, 0.05) is 24.2 Å². The SMILES string of the molecule is CC(C)(C)OC(=O)CC1=N[C@](C)(c2ccccc2F)CS2(=O)=NCCCCN12.CC(C)(C)OC(=O)CC1=N[C@](C)(c2ccccc2F)CS2(=O)=NCCCCN12. The maximum Gasteiger partial charge on any atom is 0.313 e. The van der Waals surface area contributed by atoms with Crippen molar-refractivity contribution in [3.63, 3.8) is 0 Å². The van der Waals surface area contributed by atoms with Gasteiger partial charge in [-0.2, -0.15) is 0 Å². The van der Waals surface area contributed by atoms with Gasteiger partial charge in [0.2, 0.25) is 0 Å². The highest BCUT2D eigenvalue weighted by Gasteiger charge is 2.45. The normalized spacial score (nSPS) is 27.9. The van der Waals surface area contributed by atoms with Crippen LogP contribution in [0.2, 0.25) is 0 Å². The van der Waals surface area contributed by atoms with E-state index in [1.165, 1.54) is 12.1 Å². The molecule has 56 heavy (non-hydrogen) atoms. The van der Waals surface area contributed by atoms with Crippen LogP contribution >= 0.6 is 0 Å². The van der Waals surface area contributed by atoms with E-state index in [2.05, 4.69) is 8.73 Å². The van der Waals surface area contributed by atoms with Crippen molar-refractivity contribution in [1.82, 2.24) is 8.61 Å². The maximum absolute atomic E-state index is 14.6. The molecule has 0 radical (unpaired) electrons. The van der Waals surface area contributed by atoms with E-state index >= 15 is 0 Å². The first-order chi connectivity index (χ1) is 26.0. The van der Waals surface area contributed by atoms with Crippen molar-refractivity contribution in [2.24, 2.45) is 18.7 Å². The third-order valence-corrected chi connectivity index (χ3v) is 14.6. The molecular formula is C40H56F2N6O6S2. The molecule has 4 aliphatic rings. The van der Waals surface area contributed by atoms with Crippen LogP contribution in [0.4, 0.5) is 8.78 Å². The lowest BCUT2D eigenvalue weighted by Crippen LogP contribution is -2.50. The largest absolute Gasteiger partial charge is 0.460 e. The molecular weight excluding hydrogens is 763 g/mol. The highest BCUT2D eigenvalue weighted by Crippen LogP contribution is 2.38. The quantitative estimate of drug-likeness (QED) is 0.280. The minimum Gasteiger partial charge on any atom is -0.460 e. The van der Waals surface area contributed by atoms with Crippen LogP contribution in [0.5, 0.6) is 0 Å². The summed E-state index contributed by atoms with van der Waals surface area (Å²) in [6, 6.07) is 12.7. The van der Waals surface area contributed by atoms with E-state index in [-0.39, 0.29) is 24.3 Å². The first-order valence-corrected chi connectivity index (χ1v) is 22.4. The Morgan fingerprint density at radius 2 is 1.02 bits per heavy atom. The Balaban J connectivity index is 0.000000214. The number of esters is 2. The van der Waals surface area contributed by atoms with Gasteiger partial charge in [-0.1, -0.05) is 36.4 Å². The Morgan fingerprint density at radius 1 is 0.661 bits per heavy atom. The van der Waals surface area contributed by atoms with Crippen LogP contribution in [-0.4, -0.2) is 89.5 Å². The van der Waals surface area contributed by atoms with E-state index in [4.69, 9.17) is 19.5 Å². The fourth-order valence-corrected chi connectivity index (χ4v) is 12.4. The van der Waals surface area contributed by atoms with Gasteiger partial charge in [0.25, 0.3) is 0 Å². The van der Waals surface area contributed by atoms with Crippen molar-refractivity contribution < 1.29 is 36.3 Å². The number of rotatable bonds is 6. The topological polar surface area (TPSA) is 143 Å². The molecule has 2 unspecified atom stereocenters. The summed E-state index contributed by atoms with van der Waals surface area (Å²) in [5, 5.41) is 0. The van der Waals surface area contributed by atoms with Gasteiger partial charge in [-0.15, -0.1) is 0 Å². The van der Waals surface area contributed by atoms with Crippen LogP contribution in [0.3, 0.4) is 0 Å². The Bertz CT molecular complexity index is 1980. The number of hydrogen-bond donors (Lipinski definition) is 0. The predicted octanol–water partition coefficient (Wildman–Crippen LogP) is 7.33. The van der Waals surface area contributed by atoms with Crippen molar-refractivity contribution in [1.29, 1.82) is 0 Å². The Morgan fingerprint density at radius 3 is 1.36 bits per heavy atom. The van der Waals surface area contributed by atoms with Crippen LogP contribution in [0.15, 0.2) is 67.2 Å². The second kappa shape index (κ2) is 16.5. The van der Waals surface area contributed by atoms with E-state index in [9.17, 15) is 26.8 Å². The van der Waals surface area contributed by atoms with E-state index in [0.717, 1.165) is 25.7 Å². The van der Waals surface area contributed by atoms with Gasteiger partial charge in [0.05, 0.1) is 24.6 Å². The first-order valence-electron chi connectivity index (χ1n) is 19.1. The van der Waals surface area contributed by atoms with Gasteiger partial charge in [-0.25, -0.2) is 25.9 Å². The second-order valence-corrected chi connectivity index (χ2v) is 21.3. The molecule has 0 amide bonds. The first kappa shape index (κ1) is 43.2. The summed E-state index contributed by atoms with van der Waals surface area (Å²) in [4.78, 5) is 34.5. The Kier molecular flexibility index (Phi) is 12.7. The van der Waals surface area contributed by atoms with Crippen molar-refractivity contribution >= 4 is 43.4 Å². The minimum atomic E-state index is -2.83. The second-order valence-electron chi connectivity index (χ2n) is 16.9. The highest BCUT2D eigenvalue weighted by molar-refractivity contribution is 7.92. The van der Waals surface area contributed by atoms with Crippen LogP contribution in [0, 0.1) is 11.6 Å². The molecule has 12 nitrogen and oxygen atoms in total. The lowest BCUT2D eigenvalue weighted by atomic mass is 9.94. The zero-order chi connectivity index (χ0) is 41.2. The molecule has 6 rings (SSSR count). The van der Waals surface area contributed by atoms with Crippen molar-refractivity contribution in [3.8, 4) is 0 Å². The molecule has 0 saturated heterocycles. The molecule has 308 valence electrons. The molecule has 0 spiro atoms. The molecule has 2 aromatic rings. The number of carbonyl (C=O) groups excluding carboxylic acids is 2. The van der Waals surface area contributed by atoms with Gasteiger partial charge in [-0.05, 0) is 93.2 Å². The maximum atomic E-state index is 14.6. The van der Waals surface area contributed by atoms with Crippen LogP contribution in [-0.2, 0) is 50.0 Å². The van der Waals surface area contributed by atoms with E-state index in [1.807, 2.05) is 0 Å². The molecule has 0 bridgehead atoms. The van der Waals surface area contributed by atoms with Crippen LogP contribution < -0.4 is 0 Å². The zero-order valence-corrected chi connectivity index (χ0v) is 35.4. The summed E-state index contributed by atoms with van der Waals surface area (Å²) in [5.41, 5.74) is -2.68. The zero-order valence-electron chi connectivity index (χ0n) is 33.8. The number of ether oxygens (including phenoxy) is 2. The number of amidine groups is 2. The number of fused-ring (bicyclic) bond motifs is 2. The molecule has 0 aliphatic carbocycles. The summed E-state index contributed by atoms with van der Waals surface area (Å²) < 4.78 is 79.8. The molecule has 4 aliphatic heterocycles. The third kappa shape index (κ3) is 10.3. The lowest BCUT2D eigenvalue weighted by molar-refractivity contribution is -0.154. The number of halogens is 2. The van der Waals surface area contributed by atoms with E-state index in [1.54, 1.807) is 100 Å². The summed E-state index contributed by atoms with van der Waals surface area (Å²) in [6.07, 6.45) is 3.03. The summed E-state index contributed by atoms with van der Waals surface area (Å²) in [6.45, 7) is 16.3. The third-order valence-electron chi connectivity index (χ3n) is 9.43. The molecule has 0 N–H and O–H groups in total. The number of hydrogen-bond acceptors (Lipinski definition) is 10. The average molecular weight is 819 g/mol. The van der Waals surface area contributed by atoms with Gasteiger partial charge in [0.1, 0.15) is 78.3 Å². The molecule has 2 aromatic carbocycles. The molecule has 4 heterocycles. The van der Waals surface area contributed by atoms with Gasteiger partial charge < -0.3 is 9.47 Å².